The number of phosphoric ester groups is 2. The third-order valence-electron chi connectivity index (χ3n) is 3.47. The molecule has 0 aliphatic carbocycles. The number of alkyl halides is 6. The van der Waals surface area contributed by atoms with Gasteiger partial charge in [-0.3, -0.25) is 27.1 Å². The summed E-state index contributed by atoms with van der Waals surface area (Å²) in [6, 6.07) is 0. The smallest absolute Gasteiger partial charge is 0.286 e. The summed E-state index contributed by atoms with van der Waals surface area (Å²) in [7, 11) is -8.15. The van der Waals surface area contributed by atoms with Crippen molar-refractivity contribution in [1.29, 1.82) is 0 Å². The van der Waals surface area contributed by atoms with Crippen LogP contribution >= 0.6 is 85.3 Å². The minimum Gasteiger partial charge on any atom is -0.286 e. The largest absolute Gasteiger partial charge is 0.474 e. The van der Waals surface area contributed by atoms with Crippen LogP contribution in [0.1, 0.15) is 27.7 Å². The highest BCUT2D eigenvalue weighted by atomic mass is 35.5. The molecule has 0 aliphatic rings. The number of hydrogen-bond acceptors (Lipinski definition) is 8. The molecule has 0 bridgehead atoms. The first kappa shape index (κ1) is 35.0. The Labute approximate surface area is 226 Å². The zero-order chi connectivity index (χ0) is 25.7. The Morgan fingerprint density at radius 3 is 1.00 bits per heavy atom. The second kappa shape index (κ2) is 17.5. The van der Waals surface area contributed by atoms with Crippen LogP contribution in [0, 0.1) is 5.41 Å². The van der Waals surface area contributed by atoms with Gasteiger partial charge in [0, 0.05) is 17.2 Å². The van der Waals surface area contributed by atoms with E-state index in [4.69, 9.17) is 96.7 Å². The Kier molecular flexibility index (Phi) is 18.5. The van der Waals surface area contributed by atoms with E-state index >= 15 is 0 Å². The van der Waals surface area contributed by atoms with E-state index in [0.29, 0.717) is 0 Å². The highest BCUT2D eigenvalue weighted by Crippen LogP contribution is 2.53. The molecule has 0 heterocycles. The van der Waals surface area contributed by atoms with Gasteiger partial charge in [-0.25, -0.2) is 9.13 Å². The highest BCUT2D eigenvalue weighted by Gasteiger charge is 2.39. The minimum atomic E-state index is -4.07. The maximum Gasteiger partial charge on any atom is 0.474 e. The molecular weight excluding hydrogens is 607 g/mol. The Morgan fingerprint density at radius 2 is 0.818 bits per heavy atom. The predicted octanol–water partition coefficient (Wildman–Crippen LogP) is 7.28. The monoisotopic (exact) mass is 636 g/mol. The van der Waals surface area contributed by atoms with E-state index in [1.54, 1.807) is 27.7 Å². The molecular formula is C17H32Cl6O8P2. The van der Waals surface area contributed by atoms with Gasteiger partial charge in [0.25, 0.3) is 0 Å². The standard InChI is InChI=1S/C17H32Cl6O8P2/c1-13(20)5-26-32(24,27-6-14(2)21)30-11-17(9-18,10-19)12-31-33(25,28-7-15(3)22)29-8-16(4)23/h13-16H,5-12H2,1-4H3. The molecule has 0 aromatic carbocycles. The van der Waals surface area contributed by atoms with Crippen molar-refractivity contribution in [2.24, 2.45) is 5.41 Å². The first-order chi connectivity index (χ1) is 15.2. The van der Waals surface area contributed by atoms with Crippen molar-refractivity contribution in [3.63, 3.8) is 0 Å². The second-order valence-electron chi connectivity index (χ2n) is 7.51. The zero-order valence-corrected chi connectivity index (χ0v) is 25.2. The van der Waals surface area contributed by atoms with Crippen molar-refractivity contribution >= 4 is 85.3 Å². The van der Waals surface area contributed by atoms with E-state index in [1.807, 2.05) is 0 Å². The Morgan fingerprint density at radius 1 is 0.576 bits per heavy atom. The minimum absolute atomic E-state index is 0.106. The number of halogens is 6. The fourth-order valence-corrected chi connectivity index (χ4v) is 5.80. The Bertz CT molecular complexity index is 542. The van der Waals surface area contributed by atoms with E-state index in [2.05, 4.69) is 0 Å². The lowest BCUT2D eigenvalue weighted by Gasteiger charge is -2.31. The summed E-state index contributed by atoms with van der Waals surface area (Å²) in [5.41, 5.74) is -1.16. The van der Waals surface area contributed by atoms with Gasteiger partial charge in [-0.05, 0) is 27.7 Å². The molecule has 0 spiro atoms. The average Bonchev–Trinajstić information content (AvgIpc) is 2.74. The van der Waals surface area contributed by atoms with Crippen LogP contribution in [0.4, 0.5) is 0 Å². The normalized spacial score (nSPS) is 19.9. The molecule has 16 heteroatoms. The van der Waals surface area contributed by atoms with Gasteiger partial charge in [0.1, 0.15) is 0 Å². The molecule has 8 nitrogen and oxygen atoms in total. The molecule has 4 unspecified atom stereocenters. The van der Waals surface area contributed by atoms with Crippen LogP contribution in [0.2, 0.25) is 0 Å². The molecule has 200 valence electrons. The lowest BCUT2D eigenvalue weighted by molar-refractivity contribution is 0.0425. The number of hydrogen-bond donors (Lipinski definition) is 0. The van der Waals surface area contributed by atoms with Crippen LogP contribution in [-0.4, -0.2) is 72.9 Å². The second-order valence-corrected chi connectivity index (χ2v) is 14.4. The molecule has 0 aromatic rings. The molecule has 0 radical (unpaired) electrons. The fraction of sp³-hybridized carbons (Fsp3) is 1.00. The fourth-order valence-electron chi connectivity index (χ4n) is 1.66. The van der Waals surface area contributed by atoms with E-state index in [-0.39, 0.29) is 51.4 Å². The third-order valence-corrected chi connectivity index (χ3v) is 7.86. The first-order valence-electron chi connectivity index (χ1n) is 9.96. The summed E-state index contributed by atoms with van der Waals surface area (Å²) >= 11 is 35.7. The van der Waals surface area contributed by atoms with Gasteiger partial charge in [-0.15, -0.1) is 69.6 Å². The lowest BCUT2D eigenvalue weighted by atomic mass is 9.96. The third kappa shape index (κ3) is 16.4. The SMILES string of the molecule is CC(Cl)COP(=O)(OCC(C)Cl)OCC(CCl)(CCl)COP(=O)(OCC(C)Cl)OCC(C)Cl. The summed E-state index contributed by atoms with van der Waals surface area (Å²) in [5, 5.41) is -1.83. The predicted molar refractivity (Wildman–Crippen MR) is 136 cm³/mol. The van der Waals surface area contributed by atoms with E-state index in [0.717, 1.165) is 0 Å². The van der Waals surface area contributed by atoms with E-state index in [9.17, 15) is 9.13 Å². The molecule has 0 aliphatic heterocycles. The van der Waals surface area contributed by atoms with Crippen molar-refractivity contribution in [2.75, 3.05) is 51.4 Å². The topological polar surface area (TPSA) is 89.5 Å². The van der Waals surface area contributed by atoms with Crippen LogP contribution in [0.15, 0.2) is 0 Å². The van der Waals surface area contributed by atoms with Crippen LogP contribution in [0.3, 0.4) is 0 Å². The number of phosphoric acid groups is 2. The van der Waals surface area contributed by atoms with Crippen LogP contribution in [-0.2, 0) is 36.3 Å². The molecule has 0 rings (SSSR count). The summed E-state index contributed by atoms with van der Waals surface area (Å²) < 4.78 is 58.0. The molecule has 0 saturated heterocycles. The molecule has 33 heavy (non-hydrogen) atoms. The van der Waals surface area contributed by atoms with Gasteiger partial charge in [-0.1, -0.05) is 0 Å². The van der Waals surface area contributed by atoms with Gasteiger partial charge < -0.3 is 0 Å². The average molecular weight is 639 g/mol. The molecule has 0 amide bonds. The van der Waals surface area contributed by atoms with Gasteiger partial charge in [0.15, 0.2) is 0 Å². The van der Waals surface area contributed by atoms with Crippen LogP contribution in [0.5, 0.6) is 0 Å². The molecule has 0 fully saturated rings. The zero-order valence-electron chi connectivity index (χ0n) is 18.9. The van der Waals surface area contributed by atoms with Crippen molar-refractivity contribution in [1.82, 2.24) is 0 Å². The maximum atomic E-state index is 13.0. The summed E-state index contributed by atoms with van der Waals surface area (Å²) in [5.74, 6) is -0.238. The Balaban J connectivity index is 5.40. The van der Waals surface area contributed by atoms with E-state index in [1.165, 1.54) is 0 Å². The quantitative estimate of drug-likeness (QED) is 0.102. The maximum absolute atomic E-state index is 13.0. The summed E-state index contributed by atoms with van der Waals surface area (Å²) in [6.07, 6.45) is 0. The molecule has 0 aromatic heterocycles. The first-order valence-corrected chi connectivity index (χ1v) is 15.7. The van der Waals surface area contributed by atoms with Crippen molar-refractivity contribution in [3.05, 3.63) is 0 Å². The van der Waals surface area contributed by atoms with Crippen molar-refractivity contribution in [2.45, 2.75) is 49.2 Å². The van der Waals surface area contributed by atoms with Crippen molar-refractivity contribution in [3.8, 4) is 0 Å². The van der Waals surface area contributed by atoms with Gasteiger partial charge >= 0.3 is 15.6 Å². The Hall–Kier alpha value is 1.96. The van der Waals surface area contributed by atoms with E-state index < -0.39 is 42.6 Å². The number of rotatable bonds is 20. The van der Waals surface area contributed by atoms with Crippen molar-refractivity contribution < 1.29 is 36.3 Å². The van der Waals surface area contributed by atoms with Gasteiger partial charge in [0.2, 0.25) is 0 Å². The van der Waals surface area contributed by atoms with Gasteiger partial charge in [0.05, 0.1) is 61.1 Å². The van der Waals surface area contributed by atoms with Crippen LogP contribution in [0.25, 0.3) is 0 Å². The highest BCUT2D eigenvalue weighted by molar-refractivity contribution is 7.48. The summed E-state index contributed by atoms with van der Waals surface area (Å²) in [6.45, 7) is 5.49. The van der Waals surface area contributed by atoms with Crippen LogP contribution < -0.4 is 0 Å². The van der Waals surface area contributed by atoms with Gasteiger partial charge in [-0.2, -0.15) is 0 Å². The molecule has 0 N–H and O–H groups in total. The lowest BCUT2D eigenvalue weighted by Crippen LogP contribution is -2.36. The summed E-state index contributed by atoms with van der Waals surface area (Å²) in [4.78, 5) is 0. The molecule has 0 saturated carbocycles. The molecule has 4 atom stereocenters.